The van der Waals surface area contributed by atoms with Crippen LogP contribution in [-0.4, -0.2) is 194 Å². The Morgan fingerprint density at radius 3 is 1.86 bits per heavy atom. The van der Waals surface area contributed by atoms with Crippen LogP contribution in [0, 0.1) is 11.8 Å². The maximum absolute atomic E-state index is 13.2. The standard InChI is InChI=1S/C33H47N9O3.C14H21N5O.C13H21N3O.C6H11NO2/c1-22(2)28-21-34-42-30(28)38-33(45-27-15-18-41(5)19-16-27)39-32(42)37-26-9-6-8-25(20-26)36-31(44)23-11-13-24(14-12-23)35-29(43)10-7-17-40(3)4;1-10(2)12-8-16-19-9-15-14(17-13(12)19)20-11-4-6-18(3)7-5-11;1-2-10(5-4-8-14)13(17)16-12-7-3-6-11(15)9-12;1-7(2)5-3-4-6(8)9/h6-10,20-24,27H,11-19H2,1-5H3,(H,35,43)(H,36,44)(H,37,38,39);8-11H,4-7H2,1-3H3;3,6-7,9-10H,2,4-5,8,14-15H2,1H3,(H,16,17);3-4H,5H2,1-2H3,(H,8,9)/b10-7+;;;4-3+. The van der Waals surface area contributed by atoms with Crippen molar-refractivity contribution in [2.75, 3.05) is 110 Å². The van der Waals surface area contributed by atoms with Crippen LogP contribution >= 0.6 is 0 Å². The number of amides is 3. The third-order valence-electron chi connectivity index (χ3n) is 15.8. The summed E-state index contributed by atoms with van der Waals surface area (Å²) in [6.45, 7) is 16.6. The summed E-state index contributed by atoms with van der Waals surface area (Å²) in [6.07, 6.45) is 21.3. The Kier molecular flexibility index (Phi) is 29.0. The van der Waals surface area contributed by atoms with Crippen LogP contribution in [-0.2, 0) is 19.2 Å². The number of piperidine rings is 2. The highest BCUT2D eigenvalue weighted by molar-refractivity contribution is 5.94. The lowest BCUT2D eigenvalue weighted by atomic mass is 9.85. The Morgan fingerprint density at radius 1 is 0.714 bits per heavy atom. The van der Waals surface area contributed by atoms with Crippen LogP contribution in [0.2, 0.25) is 0 Å². The molecule has 2 aromatic carbocycles. The van der Waals surface area contributed by atoms with E-state index in [9.17, 15) is 19.2 Å². The highest BCUT2D eigenvalue weighted by Gasteiger charge is 2.28. The van der Waals surface area contributed by atoms with E-state index >= 15 is 0 Å². The molecule has 1 saturated carbocycles. The van der Waals surface area contributed by atoms with E-state index in [1.165, 1.54) is 0 Å². The van der Waals surface area contributed by atoms with Gasteiger partial charge in [0.05, 0.1) is 12.4 Å². The summed E-state index contributed by atoms with van der Waals surface area (Å²) in [7, 11) is 11.9. The third-order valence-corrected chi connectivity index (χ3v) is 15.8. The van der Waals surface area contributed by atoms with Crippen LogP contribution in [0.4, 0.5) is 28.7 Å². The molecule has 1 unspecified atom stereocenters. The summed E-state index contributed by atoms with van der Waals surface area (Å²) in [5, 5.41) is 29.4. The molecule has 6 heterocycles. The number of aliphatic carboxylic acids is 1. The molecule has 9 N–H and O–H groups in total. The van der Waals surface area contributed by atoms with Gasteiger partial charge in [0.25, 0.3) is 0 Å². The molecule has 2 aliphatic heterocycles. The molecule has 1 aliphatic carbocycles. The Bertz CT molecular complexity index is 3280. The first-order valence-electron chi connectivity index (χ1n) is 31.9. The zero-order valence-electron chi connectivity index (χ0n) is 55.3. The van der Waals surface area contributed by atoms with Crippen LogP contribution in [0.1, 0.15) is 128 Å². The molecule has 0 radical (unpaired) electrons. The molecular formula is C66H100N18O7. The fourth-order valence-electron chi connectivity index (χ4n) is 10.5. The van der Waals surface area contributed by atoms with Gasteiger partial charge in [-0.2, -0.15) is 34.6 Å². The molecule has 3 amide bonds. The fourth-order valence-corrected chi connectivity index (χ4v) is 10.5. The number of benzene rings is 2. The minimum atomic E-state index is -0.892. The minimum absolute atomic E-state index is 0.00491. The Balaban J connectivity index is 0.000000233. The number of rotatable bonds is 23. The van der Waals surface area contributed by atoms with Gasteiger partial charge in [0, 0.05) is 103 Å². The van der Waals surface area contributed by atoms with Crippen LogP contribution in [0.15, 0.2) is 91.6 Å². The highest BCUT2D eigenvalue weighted by atomic mass is 16.5. The molecule has 4 aromatic heterocycles. The number of carbonyl (C=O) groups excluding carboxylic acids is 3. The number of nitrogens with zero attached hydrogens (tertiary/aromatic N) is 12. The number of aromatic nitrogens is 8. The number of anilines is 5. The van der Waals surface area contributed by atoms with E-state index in [0.29, 0.717) is 54.0 Å². The van der Waals surface area contributed by atoms with Crippen molar-refractivity contribution in [3.63, 3.8) is 0 Å². The van der Waals surface area contributed by atoms with E-state index in [1.807, 2.05) is 99.8 Å². The summed E-state index contributed by atoms with van der Waals surface area (Å²) in [6, 6.07) is 15.7. The number of hydrogen-bond acceptors (Lipinski definition) is 19. The number of nitrogen functional groups attached to an aromatic ring is 1. The maximum atomic E-state index is 13.2. The normalized spacial score (nSPS) is 17.1. The first kappa shape index (κ1) is 72.0. The van der Waals surface area contributed by atoms with E-state index in [1.54, 1.807) is 39.6 Å². The van der Waals surface area contributed by atoms with E-state index < -0.39 is 5.97 Å². The first-order chi connectivity index (χ1) is 43.6. The second-order valence-electron chi connectivity index (χ2n) is 24.8. The highest BCUT2D eigenvalue weighted by Crippen LogP contribution is 2.30. The predicted octanol–water partition coefficient (Wildman–Crippen LogP) is 8.08. The van der Waals surface area contributed by atoms with Gasteiger partial charge < -0.3 is 66.9 Å². The lowest BCUT2D eigenvalue weighted by molar-refractivity contribution is -0.131. The third kappa shape index (κ3) is 24.2. The minimum Gasteiger partial charge on any atom is -0.478 e. The van der Waals surface area contributed by atoms with Crippen molar-refractivity contribution in [2.24, 2.45) is 17.6 Å². The average Bonchev–Trinajstić information content (AvgIpc) is 1.71. The molecule has 1 atom stereocenters. The van der Waals surface area contributed by atoms with Crippen molar-refractivity contribution in [1.29, 1.82) is 0 Å². The topological polar surface area (TPSA) is 306 Å². The molecule has 3 aliphatic rings. The summed E-state index contributed by atoms with van der Waals surface area (Å²) < 4.78 is 15.6. The number of fused-ring (bicyclic) bond motifs is 2. The van der Waals surface area contributed by atoms with Gasteiger partial charge in [0.1, 0.15) is 18.5 Å². The first-order valence-corrected chi connectivity index (χ1v) is 31.9. The smallest absolute Gasteiger partial charge is 0.328 e. The second kappa shape index (κ2) is 36.7. The van der Waals surface area contributed by atoms with E-state index in [4.69, 9.17) is 36.0 Å². The summed E-state index contributed by atoms with van der Waals surface area (Å²) in [5.74, 6) is 0.118. The molecular weight excluding hydrogens is 1160 g/mol. The van der Waals surface area contributed by atoms with Gasteiger partial charge in [-0.05, 0) is 168 Å². The maximum Gasteiger partial charge on any atom is 0.328 e. The number of nitrogens with one attached hydrogen (secondary N) is 4. The van der Waals surface area contributed by atoms with Gasteiger partial charge in [-0.1, -0.05) is 58.9 Å². The zero-order valence-corrected chi connectivity index (χ0v) is 55.3. The van der Waals surface area contributed by atoms with Crippen molar-refractivity contribution in [2.45, 2.75) is 135 Å². The van der Waals surface area contributed by atoms with Crippen LogP contribution in [0.25, 0.3) is 11.3 Å². The van der Waals surface area contributed by atoms with Crippen molar-refractivity contribution in [3.05, 3.63) is 103 Å². The van der Waals surface area contributed by atoms with Crippen molar-refractivity contribution in [1.82, 2.24) is 64.1 Å². The van der Waals surface area contributed by atoms with Crippen molar-refractivity contribution < 1.29 is 33.8 Å². The van der Waals surface area contributed by atoms with Gasteiger partial charge in [-0.3, -0.25) is 14.4 Å². The molecule has 25 nitrogen and oxygen atoms in total. The molecule has 9 rings (SSSR count). The monoisotopic (exact) mass is 1260 g/mol. The number of carbonyl (C=O) groups is 4. The van der Waals surface area contributed by atoms with Crippen LogP contribution in [0.5, 0.6) is 12.0 Å². The van der Waals surface area contributed by atoms with Gasteiger partial charge in [-0.15, -0.1) is 0 Å². The van der Waals surface area contributed by atoms with Gasteiger partial charge in [-0.25, -0.2) is 9.31 Å². The quantitative estimate of drug-likeness (QED) is 0.0235. The average molecular weight is 1260 g/mol. The molecule has 3 fully saturated rings. The second-order valence-corrected chi connectivity index (χ2v) is 24.8. The number of nitrogens with two attached hydrogens (primary N) is 2. The Hall–Kier alpha value is -8.10. The summed E-state index contributed by atoms with van der Waals surface area (Å²) >= 11 is 0. The van der Waals surface area contributed by atoms with Gasteiger partial charge in [0.2, 0.25) is 23.7 Å². The van der Waals surface area contributed by atoms with Gasteiger partial charge >= 0.3 is 18.0 Å². The van der Waals surface area contributed by atoms with Gasteiger partial charge in [0.15, 0.2) is 11.3 Å². The largest absolute Gasteiger partial charge is 0.478 e. The van der Waals surface area contributed by atoms with E-state index in [2.05, 4.69) is 93.0 Å². The number of hydrogen-bond donors (Lipinski definition) is 7. The molecule has 25 heteroatoms. The van der Waals surface area contributed by atoms with Crippen molar-refractivity contribution in [3.8, 4) is 12.0 Å². The molecule has 0 bridgehead atoms. The van der Waals surface area contributed by atoms with E-state index in [-0.39, 0.29) is 53.7 Å². The number of likely N-dealkylation sites (N-methyl/N-ethyl adjacent to an activating group) is 2. The molecule has 91 heavy (non-hydrogen) atoms. The summed E-state index contributed by atoms with van der Waals surface area (Å²) in [4.78, 5) is 74.0. The molecule has 0 spiro atoms. The molecule has 2 saturated heterocycles. The molecule has 496 valence electrons. The fraction of sp³-hybridized carbons (Fsp3) is 0.545. The number of likely N-dealkylation sites (tertiary alicyclic amines) is 2. The Labute approximate surface area is 536 Å². The lowest BCUT2D eigenvalue weighted by Crippen LogP contribution is -2.39. The molecule has 6 aromatic rings. The Morgan fingerprint density at radius 2 is 1.27 bits per heavy atom. The van der Waals surface area contributed by atoms with E-state index in [0.717, 1.165) is 138 Å². The SMILES string of the molecule is CC(C)c1cnn2c(Nc3cccc(NC(=O)C4CCC(NC(=O)/C=C/CN(C)C)CC4)c3)nc(OC3CCN(C)CC3)nc12.CC(C)c1cnn2cnc(OC3CCN(C)CC3)nc12.CCC(CCCN)C(=O)Nc1cccc(N)c1.CN(C)C/C=C/C(=O)O. The number of ether oxygens (including phenoxy) is 2. The van der Waals surface area contributed by atoms with Crippen molar-refractivity contribution >= 4 is 63.7 Å². The number of carboxylic acid groups (broad SMARTS) is 1. The zero-order chi connectivity index (χ0) is 66.0. The van der Waals surface area contributed by atoms with Crippen LogP contribution < -0.4 is 42.2 Å². The lowest BCUT2D eigenvalue weighted by Gasteiger charge is -2.28. The predicted molar refractivity (Wildman–Crippen MR) is 359 cm³/mol. The number of carboxylic acids is 1. The summed E-state index contributed by atoms with van der Waals surface area (Å²) in [5.41, 5.74) is 17.7. The van der Waals surface area contributed by atoms with Crippen LogP contribution in [0.3, 0.4) is 0 Å².